The van der Waals surface area contributed by atoms with Crippen LogP contribution >= 0.6 is 15.9 Å². The molecule has 0 aliphatic rings. The van der Waals surface area contributed by atoms with Crippen LogP contribution in [-0.4, -0.2) is 21.7 Å². The Morgan fingerprint density at radius 3 is 2.84 bits per heavy atom. The van der Waals surface area contributed by atoms with Crippen molar-refractivity contribution in [1.29, 1.82) is 0 Å². The predicted octanol–water partition coefficient (Wildman–Crippen LogP) is 3.09. The number of nitrogens with zero attached hydrogens (tertiary/aromatic N) is 3. The second-order valence-corrected chi connectivity index (χ2v) is 5.09. The summed E-state index contributed by atoms with van der Waals surface area (Å²) in [5.74, 6) is 1.47. The molecule has 2 heterocycles. The third kappa shape index (κ3) is 2.46. The van der Waals surface area contributed by atoms with E-state index in [2.05, 4.69) is 38.1 Å². The molecule has 5 heteroatoms. The summed E-state index contributed by atoms with van der Waals surface area (Å²) in [6, 6.07) is 13.8. The summed E-state index contributed by atoms with van der Waals surface area (Å²) in [7, 11) is 1.63. The Morgan fingerprint density at radius 1 is 1.21 bits per heavy atom. The van der Waals surface area contributed by atoms with Crippen molar-refractivity contribution in [2.45, 2.75) is 6.42 Å². The SMILES string of the molecule is COc1cccc2nc(Cc3cccc(Br)c3)nn12. The van der Waals surface area contributed by atoms with Gasteiger partial charge in [0.05, 0.1) is 7.11 Å². The van der Waals surface area contributed by atoms with Crippen molar-refractivity contribution in [3.05, 3.63) is 58.3 Å². The predicted molar refractivity (Wildman–Crippen MR) is 76.5 cm³/mol. The lowest BCUT2D eigenvalue weighted by Gasteiger charge is -2.00. The van der Waals surface area contributed by atoms with Crippen LogP contribution in [0.3, 0.4) is 0 Å². The lowest BCUT2D eigenvalue weighted by molar-refractivity contribution is 0.385. The first-order chi connectivity index (χ1) is 9.26. The van der Waals surface area contributed by atoms with Crippen molar-refractivity contribution in [3.63, 3.8) is 0 Å². The molecule has 4 nitrogen and oxygen atoms in total. The zero-order valence-electron chi connectivity index (χ0n) is 10.4. The molecule has 3 rings (SSSR count). The van der Waals surface area contributed by atoms with Crippen LogP contribution in [0.2, 0.25) is 0 Å². The van der Waals surface area contributed by atoms with E-state index in [9.17, 15) is 0 Å². The fraction of sp³-hybridized carbons (Fsp3) is 0.143. The molecule has 0 aliphatic carbocycles. The molecular formula is C14H12BrN3O. The Kier molecular flexibility index (Phi) is 3.21. The van der Waals surface area contributed by atoms with Gasteiger partial charge in [-0.25, -0.2) is 4.98 Å². The van der Waals surface area contributed by atoms with Crippen molar-refractivity contribution in [3.8, 4) is 5.88 Å². The number of ether oxygens (including phenoxy) is 1. The Morgan fingerprint density at radius 2 is 2.05 bits per heavy atom. The van der Waals surface area contributed by atoms with Crippen LogP contribution in [-0.2, 0) is 6.42 Å². The summed E-state index contributed by atoms with van der Waals surface area (Å²) in [5.41, 5.74) is 1.97. The minimum atomic E-state index is 0.686. The van der Waals surface area contributed by atoms with E-state index in [1.54, 1.807) is 11.6 Å². The van der Waals surface area contributed by atoms with Gasteiger partial charge in [-0.15, -0.1) is 5.10 Å². The third-order valence-electron chi connectivity index (χ3n) is 2.83. The van der Waals surface area contributed by atoms with Gasteiger partial charge >= 0.3 is 0 Å². The highest BCUT2D eigenvalue weighted by Gasteiger charge is 2.08. The third-order valence-corrected chi connectivity index (χ3v) is 3.32. The smallest absolute Gasteiger partial charge is 0.216 e. The molecule has 0 spiro atoms. The van der Waals surface area contributed by atoms with Crippen molar-refractivity contribution in [1.82, 2.24) is 14.6 Å². The number of fused-ring (bicyclic) bond motifs is 1. The van der Waals surface area contributed by atoms with Gasteiger partial charge in [-0.05, 0) is 23.8 Å². The Labute approximate surface area is 119 Å². The molecule has 1 aromatic carbocycles. The quantitative estimate of drug-likeness (QED) is 0.745. The van der Waals surface area contributed by atoms with Gasteiger partial charge in [0.2, 0.25) is 5.88 Å². The molecule has 0 unspecified atom stereocenters. The second kappa shape index (κ2) is 5.01. The number of halogens is 1. The fourth-order valence-electron chi connectivity index (χ4n) is 1.98. The molecule has 2 aromatic heterocycles. The van der Waals surface area contributed by atoms with Gasteiger partial charge in [0.15, 0.2) is 11.5 Å². The van der Waals surface area contributed by atoms with Crippen LogP contribution in [0, 0.1) is 0 Å². The Bertz CT molecular complexity index is 724. The molecule has 0 N–H and O–H groups in total. The van der Waals surface area contributed by atoms with Crippen molar-refractivity contribution in [2.75, 3.05) is 7.11 Å². The number of hydrogen-bond donors (Lipinski definition) is 0. The number of aromatic nitrogens is 3. The summed E-state index contributed by atoms with van der Waals surface area (Å²) in [4.78, 5) is 4.50. The highest BCUT2D eigenvalue weighted by molar-refractivity contribution is 9.10. The number of pyridine rings is 1. The lowest BCUT2D eigenvalue weighted by atomic mass is 10.1. The molecule has 0 radical (unpaired) electrons. The summed E-state index contributed by atoms with van der Waals surface area (Å²) in [5, 5.41) is 4.47. The topological polar surface area (TPSA) is 39.4 Å². The maximum atomic E-state index is 5.26. The van der Waals surface area contributed by atoms with Crippen molar-refractivity contribution < 1.29 is 4.74 Å². The number of benzene rings is 1. The van der Waals surface area contributed by atoms with E-state index in [4.69, 9.17) is 4.74 Å². The van der Waals surface area contributed by atoms with Gasteiger partial charge in [0.25, 0.3) is 0 Å². The molecule has 96 valence electrons. The van der Waals surface area contributed by atoms with Gasteiger partial charge in [-0.1, -0.05) is 34.1 Å². The zero-order valence-corrected chi connectivity index (χ0v) is 12.0. The minimum absolute atomic E-state index is 0.686. The van der Waals surface area contributed by atoms with Gasteiger partial charge in [-0.3, -0.25) is 0 Å². The van der Waals surface area contributed by atoms with Crippen LogP contribution in [0.5, 0.6) is 5.88 Å². The second-order valence-electron chi connectivity index (χ2n) is 4.17. The summed E-state index contributed by atoms with van der Waals surface area (Å²) >= 11 is 3.47. The normalized spacial score (nSPS) is 10.8. The molecule has 0 fully saturated rings. The maximum absolute atomic E-state index is 5.26. The maximum Gasteiger partial charge on any atom is 0.216 e. The van der Waals surface area contributed by atoms with Gasteiger partial charge in [0.1, 0.15) is 0 Å². The summed E-state index contributed by atoms with van der Waals surface area (Å²) in [6.45, 7) is 0. The van der Waals surface area contributed by atoms with Gasteiger partial charge in [0, 0.05) is 17.0 Å². The van der Waals surface area contributed by atoms with Crippen molar-refractivity contribution in [2.24, 2.45) is 0 Å². The molecule has 0 aliphatic heterocycles. The molecule has 0 amide bonds. The number of methoxy groups -OCH3 is 1. The number of rotatable bonds is 3. The van der Waals surface area contributed by atoms with Crippen LogP contribution in [0.25, 0.3) is 5.65 Å². The van der Waals surface area contributed by atoms with Crippen LogP contribution < -0.4 is 4.74 Å². The summed E-state index contributed by atoms with van der Waals surface area (Å²) < 4.78 is 8.04. The molecule has 0 saturated heterocycles. The molecular weight excluding hydrogens is 306 g/mol. The molecule has 3 aromatic rings. The molecule has 0 atom stereocenters. The van der Waals surface area contributed by atoms with Crippen LogP contribution in [0.1, 0.15) is 11.4 Å². The first kappa shape index (κ1) is 12.2. The highest BCUT2D eigenvalue weighted by atomic mass is 79.9. The van der Waals surface area contributed by atoms with Crippen molar-refractivity contribution >= 4 is 21.6 Å². The van der Waals surface area contributed by atoms with E-state index in [0.29, 0.717) is 12.3 Å². The van der Waals surface area contributed by atoms with Gasteiger partial charge in [-0.2, -0.15) is 4.52 Å². The standard InChI is InChI=1S/C14H12BrN3O/c1-19-14-7-3-6-13-16-12(17-18(13)14)9-10-4-2-5-11(15)8-10/h2-8H,9H2,1H3. The number of hydrogen-bond acceptors (Lipinski definition) is 3. The van der Waals surface area contributed by atoms with Crippen LogP contribution in [0.4, 0.5) is 0 Å². The highest BCUT2D eigenvalue weighted by Crippen LogP contribution is 2.16. The van der Waals surface area contributed by atoms with E-state index in [1.165, 1.54) is 5.56 Å². The average Bonchev–Trinajstić information content (AvgIpc) is 2.80. The fourth-order valence-corrected chi connectivity index (χ4v) is 2.43. The Hall–Kier alpha value is -1.88. The van der Waals surface area contributed by atoms with E-state index >= 15 is 0 Å². The lowest BCUT2D eigenvalue weighted by Crippen LogP contribution is -1.96. The van der Waals surface area contributed by atoms with E-state index in [0.717, 1.165) is 15.9 Å². The van der Waals surface area contributed by atoms with Gasteiger partial charge < -0.3 is 4.74 Å². The van der Waals surface area contributed by atoms with E-state index in [1.807, 2.05) is 30.3 Å². The van der Waals surface area contributed by atoms with E-state index in [-0.39, 0.29) is 0 Å². The first-order valence-electron chi connectivity index (χ1n) is 5.89. The molecule has 19 heavy (non-hydrogen) atoms. The molecule has 0 bridgehead atoms. The zero-order chi connectivity index (χ0) is 13.2. The van der Waals surface area contributed by atoms with Crippen LogP contribution in [0.15, 0.2) is 46.9 Å². The largest absolute Gasteiger partial charge is 0.481 e. The average molecular weight is 318 g/mol. The Balaban J connectivity index is 1.98. The molecule has 0 saturated carbocycles. The minimum Gasteiger partial charge on any atom is -0.481 e. The summed E-state index contributed by atoms with van der Waals surface area (Å²) in [6.07, 6.45) is 0.699. The first-order valence-corrected chi connectivity index (χ1v) is 6.68. The monoisotopic (exact) mass is 317 g/mol. The van der Waals surface area contributed by atoms with E-state index < -0.39 is 0 Å².